The van der Waals surface area contributed by atoms with E-state index in [1.165, 1.54) is 0 Å². The number of ether oxygens (including phenoxy) is 1. The summed E-state index contributed by atoms with van der Waals surface area (Å²) < 4.78 is 4.84. The topological polar surface area (TPSA) is 133 Å². The quantitative estimate of drug-likeness (QED) is 0.298. The minimum Gasteiger partial charge on any atom is -0.459 e. The Hall–Kier alpha value is -3.82. The molecule has 0 radical (unpaired) electrons. The highest BCUT2D eigenvalue weighted by molar-refractivity contribution is 6.38. The first kappa shape index (κ1) is 21.9. The predicted molar refractivity (Wildman–Crippen MR) is 111 cm³/mol. The summed E-state index contributed by atoms with van der Waals surface area (Å²) in [5.41, 5.74) is 0.367. The van der Waals surface area contributed by atoms with E-state index in [0.29, 0.717) is 42.4 Å². The number of rotatable bonds is 6. The molecular weight excluding hydrogens is 406 g/mol. The summed E-state index contributed by atoms with van der Waals surface area (Å²) in [7, 11) is 0. The fourth-order valence-electron chi connectivity index (χ4n) is 3.81. The van der Waals surface area contributed by atoms with Gasteiger partial charge in [-0.25, -0.2) is 4.79 Å². The highest BCUT2D eigenvalue weighted by atomic mass is 16.6. The van der Waals surface area contributed by atoms with Crippen molar-refractivity contribution in [3.8, 4) is 0 Å². The largest absolute Gasteiger partial charge is 0.459 e. The summed E-state index contributed by atoms with van der Waals surface area (Å²) >= 11 is 0. The molecule has 1 aliphatic rings. The molecule has 2 aromatic rings. The fraction of sp³-hybridized carbons (Fsp3) is 0.333. The third-order valence-corrected chi connectivity index (χ3v) is 5.12. The van der Waals surface area contributed by atoms with E-state index in [0.717, 1.165) is 11.0 Å². The minimum absolute atomic E-state index is 0.0375. The first-order valence-corrected chi connectivity index (χ1v) is 9.85. The van der Waals surface area contributed by atoms with Crippen LogP contribution in [0.25, 0.3) is 0 Å². The molecule has 0 saturated heterocycles. The predicted octanol–water partition coefficient (Wildman–Crippen LogP) is 3.48. The Morgan fingerprint density at radius 3 is 2.19 bits per heavy atom. The molecule has 3 rings (SSSR count). The van der Waals surface area contributed by atoms with Gasteiger partial charge in [0.1, 0.15) is 5.69 Å². The van der Waals surface area contributed by atoms with Gasteiger partial charge in [-0.3, -0.25) is 29.9 Å². The molecule has 0 fully saturated rings. The Labute approximate surface area is 177 Å². The number of benzene rings is 2. The first-order valence-electron chi connectivity index (χ1n) is 9.85. The molecule has 0 bridgehead atoms. The number of nitro groups is 2. The van der Waals surface area contributed by atoms with Gasteiger partial charge in [0, 0.05) is 5.56 Å². The monoisotopic (exact) mass is 427 g/mol. The van der Waals surface area contributed by atoms with Crippen LogP contribution in [0.5, 0.6) is 0 Å². The summed E-state index contributed by atoms with van der Waals surface area (Å²) in [5, 5.41) is 23.5. The first-order chi connectivity index (χ1) is 14.8. The Kier molecular flexibility index (Phi) is 6.58. The maximum Gasteiger partial charge on any atom is 0.397 e. The second-order valence-electron chi connectivity index (χ2n) is 7.04. The van der Waals surface area contributed by atoms with E-state index in [4.69, 9.17) is 4.74 Å². The fourth-order valence-corrected chi connectivity index (χ4v) is 3.81. The van der Waals surface area contributed by atoms with E-state index in [1.807, 2.05) is 0 Å². The van der Waals surface area contributed by atoms with Crippen LogP contribution < -0.4 is 4.90 Å². The van der Waals surface area contributed by atoms with Crippen molar-refractivity contribution < 1.29 is 24.2 Å². The van der Waals surface area contributed by atoms with Crippen LogP contribution >= 0.6 is 0 Å². The zero-order valence-corrected chi connectivity index (χ0v) is 16.9. The van der Waals surface area contributed by atoms with Gasteiger partial charge in [0.25, 0.3) is 11.4 Å². The number of amides is 1. The molecule has 0 unspecified atom stereocenters. The molecule has 10 heteroatoms. The normalized spacial score (nSPS) is 12.5. The summed E-state index contributed by atoms with van der Waals surface area (Å²) in [6.07, 6.45) is 2.04. The second-order valence-corrected chi connectivity index (χ2v) is 7.04. The maximum atomic E-state index is 13.0. The number of fused-ring (bicyclic) bond motifs is 1. The molecular formula is C21H21N3O7. The van der Waals surface area contributed by atoms with E-state index in [9.17, 15) is 29.8 Å². The highest BCUT2D eigenvalue weighted by Gasteiger charge is 2.37. The number of anilines is 1. The van der Waals surface area contributed by atoms with E-state index in [2.05, 4.69) is 0 Å². The van der Waals surface area contributed by atoms with Gasteiger partial charge in [-0.15, -0.1) is 0 Å². The van der Waals surface area contributed by atoms with Crippen LogP contribution in [-0.2, 0) is 33.7 Å². The Bertz CT molecular complexity index is 1040. The lowest BCUT2D eigenvalue weighted by Crippen LogP contribution is -2.38. The van der Waals surface area contributed by atoms with Gasteiger partial charge in [0.2, 0.25) is 0 Å². The number of hydrogen-bond donors (Lipinski definition) is 0. The third kappa shape index (κ3) is 4.52. The number of nitro benzene ring substituents is 2. The molecule has 0 aliphatic heterocycles. The zero-order valence-electron chi connectivity index (χ0n) is 16.9. The smallest absolute Gasteiger partial charge is 0.397 e. The Morgan fingerprint density at radius 2 is 1.61 bits per heavy atom. The molecule has 0 atom stereocenters. The van der Waals surface area contributed by atoms with Crippen molar-refractivity contribution in [1.29, 1.82) is 0 Å². The van der Waals surface area contributed by atoms with Crippen LogP contribution in [0.1, 0.15) is 36.5 Å². The van der Waals surface area contributed by atoms with Crippen LogP contribution in [0.3, 0.4) is 0 Å². The van der Waals surface area contributed by atoms with E-state index in [-0.39, 0.29) is 24.5 Å². The number of nitrogens with zero attached hydrogens (tertiary/aromatic N) is 3. The van der Waals surface area contributed by atoms with Crippen molar-refractivity contribution in [2.45, 2.75) is 39.2 Å². The van der Waals surface area contributed by atoms with Gasteiger partial charge in [-0.1, -0.05) is 30.3 Å². The molecule has 0 aromatic heterocycles. The Morgan fingerprint density at radius 1 is 1.00 bits per heavy atom. The van der Waals surface area contributed by atoms with Gasteiger partial charge in [0.05, 0.1) is 29.1 Å². The second kappa shape index (κ2) is 9.33. The molecule has 10 nitrogen and oxygen atoms in total. The number of carbonyl (C=O) groups excluding carboxylic acids is 2. The van der Waals surface area contributed by atoms with Crippen molar-refractivity contribution in [2.24, 2.45) is 0 Å². The molecule has 0 saturated carbocycles. The molecule has 1 amide bonds. The summed E-state index contributed by atoms with van der Waals surface area (Å²) in [5.74, 6) is -2.20. The molecule has 1 aliphatic carbocycles. The number of carbonyl (C=O) groups is 2. The lowest BCUT2D eigenvalue weighted by molar-refractivity contribution is -0.394. The maximum absolute atomic E-state index is 13.0. The molecule has 0 heterocycles. The minimum atomic E-state index is -1.14. The van der Waals surface area contributed by atoms with Gasteiger partial charge in [0.15, 0.2) is 0 Å². The van der Waals surface area contributed by atoms with E-state index in [1.54, 1.807) is 37.3 Å². The average Bonchev–Trinajstić information content (AvgIpc) is 2.76. The van der Waals surface area contributed by atoms with Gasteiger partial charge in [-0.05, 0) is 43.7 Å². The number of esters is 1. The van der Waals surface area contributed by atoms with Crippen molar-refractivity contribution in [1.82, 2.24) is 0 Å². The number of hydrogen-bond acceptors (Lipinski definition) is 7. The van der Waals surface area contributed by atoms with Gasteiger partial charge >= 0.3 is 11.9 Å². The van der Waals surface area contributed by atoms with Crippen molar-refractivity contribution in [3.63, 3.8) is 0 Å². The van der Waals surface area contributed by atoms with Crippen LogP contribution in [0.15, 0.2) is 36.4 Å². The third-order valence-electron chi connectivity index (χ3n) is 5.12. The Balaban J connectivity index is 2.26. The average molecular weight is 427 g/mol. The lowest BCUT2D eigenvalue weighted by atomic mass is 9.87. The summed E-state index contributed by atoms with van der Waals surface area (Å²) in [6, 6.07) is 9.57. The molecule has 0 N–H and O–H groups in total. The zero-order chi connectivity index (χ0) is 22.5. The van der Waals surface area contributed by atoms with Crippen LogP contribution in [0, 0.1) is 20.2 Å². The lowest BCUT2D eigenvalue weighted by Gasteiger charge is -2.27. The molecule has 31 heavy (non-hydrogen) atoms. The summed E-state index contributed by atoms with van der Waals surface area (Å²) in [6.45, 7) is 1.39. The van der Waals surface area contributed by atoms with Crippen molar-refractivity contribution >= 4 is 28.9 Å². The SMILES string of the molecule is CCOC(=O)C(=O)N(Cc1ccccc1)c1c([N+](=O)[O-])cc([N+](=O)[O-])c2c1CCCC2. The molecule has 0 spiro atoms. The van der Waals surface area contributed by atoms with Crippen LogP contribution in [0.2, 0.25) is 0 Å². The standard InChI is InChI=1S/C21H21N3O7/c1-2-31-21(26)20(25)22(13-14-8-4-3-5-9-14)19-16-11-7-6-10-15(16)17(23(27)28)12-18(19)24(29)30/h3-5,8-9,12H,2,6-7,10-11,13H2,1H3. The van der Waals surface area contributed by atoms with Crippen LogP contribution in [0.4, 0.5) is 17.1 Å². The highest BCUT2D eigenvalue weighted by Crippen LogP contribution is 2.43. The molecule has 162 valence electrons. The van der Waals surface area contributed by atoms with Gasteiger partial charge in [-0.2, -0.15) is 0 Å². The van der Waals surface area contributed by atoms with Gasteiger partial charge < -0.3 is 4.74 Å². The molecule has 2 aromatic carbocycles. The van der Waals surface area contributed by atoms with Crippen molar-refractivity contribution in [2.75, 3.05) is 11.5 Å². The summed E-state index contributed by atoms with van der Waals surface area (Å²) in [4.78, 5) is 48.4. The van der Waals surface area contributed by atoms with E-state index >= 15 is 0 Å². The van der Waals surface area contributed by atoms with E-state index < -0.39 is 27.4 Å². The van der Waals surface area contributed by atoms with Crippen molar-refractivity contribution in [3.05, 3.63) is 73.3 Å². The van der Waals surface area contributed by atoms with Crippen LogP contribution in [-0.4, -0.2) is 28.3 Å².